The van der Waals surface area contributed by atoms with E-state index in [1.807, 2.05) is 0 Å². The van der Waals surface area contributed by atoms with Crippen LogP contribution in [-0.4, -0.2) is 11.3 Å². The van der Waals surface area contributed by atoms with Gasteiger partial charge in [0, 0.05) is 4.47 Å². The fourth-order valence-corrected chi connectivity index (χ4v) is 1.21. The molecule has 0 fully saturated rings. The molecule has 0 aromatic heterocycles. The molecule has 1 amide bonds. The molecule has 1 aromatic carbocycles. The second-order valence-electron chi connectivity index (χ2n) is 2.73. The molecule has 0 saturated heterocycles. The van der Waals surface area contributed by atoms with Crippen LogP contribution in [0.15, 0.2) is 22.7 Å². The zero-order chi connectivity index (χ0) is 10.7. The molecule has 0 saturated carbocycles. The molecule has 0 radical (unpaired) electrons. The van der Waals surface area contributed by atoms with E-state index in [1.165, 1.54) is 19.1 Å². The number of hydrogen-bond acceptors (Lipinski definition) is 1. The summed E-state index contributed by atoms with van der Waals surface area (Å²) in [6.45, 7) is 1.52. The van der Waals surface area contributed by atoms with E-state index in [0.717, 1.165) is 0 Å². The van der Waals surface area contributed by atoms with Crippen LogP contribution in [0.2, 0.25) is 0 Å². The smallest absolute Gasteiger partial charge is 0.242 e. The number of carbonyl (C=O) groups is 1. The van der Waals surface area contributed by atoms with Crippen LogP contribution in [0.3, 0.4) is 0 Å². The number of amides is 1. The Labute approximate surface area is 94.6 Å². The molecule has 0 aliphatic carbocycles. The molecular formula is C9H8BrClFNO. The molecule has 2 nitrogen and oxygen atoms in total. The van der Waals surface area contributed by atoms with Crippen molar-refractivity contribution in [1.29, 1.82) is 0 Å². The van der Waals surface area contributed by atoms with Gasteiger partial charge in [0.25, 0.3) is 0 Å². The van der Waals surface area contributed by atoms with Crippen LogP contribution >= 0.6 is 27.5 Å². The number of halogens is 3. The normalized spacial score (nSPS) is 12.3. The van der Waals surface area contributed by atoms with Crippen LogP contribution in [0.1, 0.15) is 6.92 Å². The van der Waals surface area contributed by atoms with Crippen molar-refractivity contribution >= 4 is 39.1 Å². The third kappa shape index (κ3) is 2.96. The van der Waals surface area contributed by atoms with Crippen molar-refractivity contribution in [1.82, 2.24) is 0 Å². The number of rotatable bonds is 2. The fraction of sp³-hybridized carbons (Fsp3) is 0.222. The molecule has 0 spiro atoms. The van der Waals surface area contributed by atoms with Gasteiger partial charge in [-0.1, -0.05) is 15.9 Å². The average Bonchev–Trinajstić information content (AvgIpc) is 2.09. The molecule has 1 aromatic rings. The Morgan fingerprint density at radius 3 is 2.79 bits per heavy atom. The Morgan fingerprint density at radius 1 is 1.64 bits per heavy atom. The van der Waals surface area contributed by atoms with Crippen molar-refractivity contribution in [2.45, 2.75) is 12.3 Å². The highest BCUT2D eigenvalue weighted by atomic mass is 79.9. The average molecular weight is 281 g/mol. The molecule has 0 bridgehead atoms. The first kappa shape index (κ1) is 11.5. The zero-order valence-electron chi connectivity index (χ0n) is 7.35. The maximum atomic E-state index is 13.2. The second kappa shape index (κ2) is 4.75. The van der Waals surface area contributed by atoms with Gasteiger partial charge in [-0.3, -0.25) is 4.79 Å². The van der Waals surface area contributed by atoms with Gasteiger partial charge in [0.15, 0.2) is 0 Å². The predicted molar refractivity (Wildman–Crippen MR) is 58.0 cm³/mol. The van der Waals surface area contributed by atoms with E-state index in [0.29, 0.717) is 4.47 Å². The first-order chi connectivity index (χ1) is 6.50. The van der Waals surface area contributed by atoms with E-state index in [9.17, 15) is 9.18 Å². The van der Waals surface area contributed by atoms with Gasteiger partial charge < -0.3 is 5.32 Å². The SMILES string of the molecule is C[C@@H](Cl)C(=O)Nc1ccc(Br)cc1F. The Bertz CT molecular complexity index is 357. The highest BCUT2D eigenvalue weighted by Crippen LogP contribution is 2.19. The standard InChI is InChI=1S/C9H8BrClFNO/c1-5(11)9(14)13-8-3-2-6(10)4-7(8)12/h2-5H,1H3,(H,13,14)/t5-/m1/s1. The highest BCUT2D eigenvalue weighted by Gasteiger charge is 2.11. The van der Waals surface area contributed by atoms with E-state index in [2.05, 4.69) is 21.2 Å². The lowest BCUT2D eigenvalue weighted by Gasteiger charge is -2.07. The van der Waals surface area contributed by atoms with Gasteiger partial charge in [-0.25, -0.2) is 4.39 Å². The minimum absolute atomic E-state index is 0.130. The quantitative estimate of drug-likeness (QED) is 0.829. The number of anilines is 1. The molecule has 1 rings (SSSR count). The van der Waals surface area contributed by atoms with Crippen LogP contribution in [0.25, 0.3) is 0 Å². The third-order valence-corrected chi connectivity index (χ3v) is 2.24. The molecule has 76 valence electrons. The molecule has 1 atom stereocenters. The maximum absolute atomic E-state index is 13.2. The minimum Gasteiger partial charge on any atom is -0.322 e. The molecule has 1 N–H and O–H groups in total. The second-order valence-corrected chi connectivity index (χ2v) is 4.30. The number of hydrogen-bond donors (Lipinski definition) is 1. The summed E-state index contributed by atoms with van der Waals surface area (Å²) in [6, 6.07) is 4.38. The van der Waals surface area contributed by atoms with Gasteiger partial charge in [-0.2, -0.15) is 0 Å². The Balaban J connectivity index is 2.82. The number of benzene rings is 1. The summed E-state index contributed by atoms with van der Waals surface area (Å²) in [4.78, 5) is 11.1. The minimum atomic E-state index is -0.682. The number of carbonyl (C=O) groups excluding carboxylic acids is 1. The van der Waals surface area contributed by atoms with Crippen molar-refractivity contribution < 1.29 is 9.18 Å². The molecule has 14 heavy (non-hydrogen) atoms. The van der Waals surface area contributed by atoms with E-state index >= 15 is 0 Å². The van der Waals surface area contributed by atoms with Crippen LogP contribution < -0.4 is 5.32 Å². The Morgan fingerprint density at radius 2 is 2.29 bits per heavy atom. The zero-order valence-corrected chi connectivity index (χ0v) is 9.69. The monoisotopic (exact) mass is 279 g/mol. The number of alkyl halides is 1. The van der Waals surface area contributed by atoms with Crippen LogP contribution in [-0.2, 0) is 4.79 Å². The Kier molecular flexibility index (Phi) is 3.89. The van der Waals surface area contributed by atoms with Crippen molar-refractivity contribution in [2.75, 3.05) is 5.32 Å². The molecule has 0 aliphatic rings. The van der Waals surface area contributed by atoms with Gasteiger partial charge in [0.1, 0.15) is 11.2 Å². The number of nitrogens with one attached hydrogen (secondary N) is 1. The first-order valence-corrected chi connectivity index (χ1v) is 5.13. The van der Waals surface area contributed by atoms with E-state index in [1.54, 1.807) is 6.07 Å². The van der Waals surface area contributed by atoms with Crippen LogP contribution in [0.5, 0.6) is 0 Å². The summed E-state index contributed by atoms with van der Waals surface area (Å²) in [6.07, 6.45) is 0. The van der Waals surface area contributed by atoms with E-state index < -0.39 is 17.1 Å². The summed E-state index contributed by atoms with van der Waals surface area (Å²) in [5.41, 5.74) is 0.130. The first-order valence-electron chi connectivity index (χ1n) is 3.90. The summed E-state index contributed by atoms with van der Waals surface area (Å²) >= 11 is 8.63. The summed E-state index contributed by atoms with van der Waals surface area (Å²) in [5, 5.41) is 1.69. The summed E-state index contributed by atoms with van der Waals surface area (Å²) in [7, 11) is 0. The van der Waals surface area contributed by atoms with Gasteiger partial charge in [-0.15, -0.1) is 11.6 Å². The highest BCUT2D eigenvalue weighted by molar-refractivity contribution is 9.10. The van der Waals surface area contributed by atoms with Gasteiger partial charge in [0.05, 0.1) is 5.69 Å². The topological polar surface area (TPSA) is 29.1 Å². The molecule has 5 heteroatoms. The van der Waals surface area contributed by atoms with Crippen LogP contribution in [0, 0.1) is 5.82 Å². The maximum Gasteiger partial charge on any atom is 0.242 e. The van der Waals surface area contributed by atoms with Crippen molar-refractivity contribution in [2.24, 2.45) is 0 Å². The van der Waals surface area contributed by atoms with Gasteiger partial charge >= 0.3 is 0 Å². The lowest BCUT2D eigenvalue weighted by Crippen LogP contribution is -2.20. The summed E-state index contributed by atoms with van der Waals surface area (Å²) in [5.74, 6) is -0.919. The van der Waals surface area contributed by atoms with Crippen molar-refractivity contribution in [3.63, 3.8) is 0 Å². The van der Waals surface area contributed by atoms with Crippen molar-refractivity contribution in [3.8, 4) is 0 Å². The molecular weight excluding hydrogens is 272 g/mol. The molecule has 0 unspecified atom stereocenters. The molecule has 0 heterocycles. The third-order valence-electron chi connectivity index (χ3n) is 1.55. The fourth-order valence-electron chi connectivity index (χ4n) is 0.823. The summed E-state index contributed by atoms with van der Waals surface area (Å²) < 4.78 is 13.8. The predicted octanol–water partition coefficient (Wildman–Crippen LogP) is 3.15. The van der Waals surface area contributed by atoms with E-state index in [4.69, 9.17) is 11.6 Å². The van der Waals surface area contributed by atoms with E-state index in [-0.39, 0.29) is 5.69 Å². The van der Waals surface area contributed by atoms with Gasteiger partial charge in [0.2, 0.25) is 5.91 Å². The molecule has 0 aliphatic heterocycles. The lowest BCUT2D eigenvalue weighted by molar-refractivity contribution is -0.115. The lowest BCUT2D eigenvalue weighted by atomic mass is 10.3. The largest absolute Gasteiger partial charge is 0.322 e. The van der Waals surface area contributed by atoms with Gasteiger partial charge in [-0.05, 0) is 25.1 Å². The Hall–Kier alpha value is -0.610. The van der Waals surface area contributed by atoms with Crippen molar-refractivity contribution in [3.05, 3.63) is 28.5 Å². The van der Waals surface area contributed by atoms with Crippen LogP contribution in [0.4, 0.5) is 10.1 Å².